The van der Waals surface area contributed by atoms with Crippen LogP contribution < -0.4 is 5.11 Å². The normalized spacial score (nSPS) is 11.7. The number of carbonyl (C=O) groups is 1. The van der Waals surface area contributed by atoms with E-state index < -0.39 is 11.4 Å². The van der Waals surface area contributed by atoms with Gasteiger partial charge < -0.3 is 14.4 Å². The van der Waals surface area contributed by atoms with Crippen LogP contribution in [0.5, 0.6) is 0 Å². The van der Waals surface area contributed by atoms with Crippen molar-refractivity contribution in [3.8, 4) is 0 Å². The topological polar surface area (TPSA) is 40.1 Å². The molecule has 0 aromatic rings. The molecule has 0 aliphatic carbocycles. The second kappa shape index (κ2) is 8.51. The molecule has 0 bridgehead atoms. The van der Waals surface area contributed by atoms with E-state index in [2.05, 4.69) is 28.1 Å². The SMILES string of the molecule is CC(C)(C)C(=O)[O-].CCCCCC[N+](C)(C)C. The lowest BCUT2D eigenvalue weighted by Crippen LogP contribution is -2.35. The largest absolute Gasteiger partial charge is 0.550 e. The van der Waals surface area contributed by atoms with Crippen LogP contribution in [-0.4, -0.2) is 38.1 Å². The molecule has 0 aromatic heterocycles. The van der Waals surface area contributed by atoms with Crippen LogP contribution >= 0.6 is 0 Å². The molecule has 0 unspecified atom stereocenters. The third-order valence-corrected chi connectivity index (χ3v) is 2.29. The number of rotatable bonds is 5. The molecule has 104 valence electrons. The Hall–Kier alpha value is -0.570. The van der Waals surface area contributed by atoms with Gasteiger partial charge in [-0.3, -0.25) is 0 Å². The highest BCUT2D eigenvalue weighted by atomic mass is 16.4. The van der Waals surface area contributed by atoms with Crippen LogP contribution in [0.3, 0.4) is 0 Å². The average Bonchev–Trinajstić information content (AvgIpc) is 2.10. The van der Waals surface area contributed by atoms with Crippen LogP contribution in [0.15, 0.2) is 0 Å². The Bertz CT molecular complexity index is 199. The van der Waals surface area contributed by atoms with E-state index in [1.807, 2.05) is 0 Å². The molecule has 3 heteroatoms. The van der Waals surface area contributed by atoms with Gasteiger partial charge in [0.1, 0.15) is 0 Å². The van der Waals surface area contributed by atoms with Gasteiger partial charge in [-0.2, -0.15) is 0 Å². The Morgan fingerprint density at radius 3 is 1.71 bits per heavy atom. The zero-order valence-corrected chi connectivity index (χ0v) is 12.8. The zero-order chi connectivity index (χ0) is 14.1. The molecular formula is C14H31NO2. The van der Waals surface area contributed by atoms with Crippen molar-refractivity contribution >= 4 is 5.97 Å². The zero-order valence-electron chi connectivity index (χ0n) is 12.8. The number of aliphatic carboxylic acids is 1. The molecule has 0 aromatic carbocycles. The van der Waals surface area contributed by atoms with E-state index in [-0.39, 0.29) is 0 Å². The number of nitrogens with zero attached hydrogens (tertiary/aromatic N) is 1. The lowest BCUT2D eigenvalue weighted by Gasteiger charge is -2.23. The van der Waals surface area contributed by atoms with Crippen molar-refractivity contribution in [1.29, 1.82) is 0 Å². The van der Waals surface area contributed by atoms with Crippen molar-refractivity contribution in [3.05, 3.63) is 0 Å². The number of quaternary nitrogens is 1. The second-order valence-corrected chi connectivity index (χ2v) is 6.61. The van der Waals surface area contributed by atoms with Crippen molar-refractivity contribution < 1.29 is 14.4 Å². The first-order valence-corrected chi connectivity index (χ1v) is 6.52. The fraction of sp³-hybridized carbons (Fsp3) is 0.929. The van der Waals surface area contributed by atoms with E-state index in [4.69, 9.17) is 0 Å². The Morgan fingerprint density at radius 1 is 1.06 bits per heavy atom. The molecule has 0 heterocycles. The van der Waals surface area contributed by atoms with Crippen molar-refractivity contribution in [2.75, 3.05) is 27.7 Å². The number of carbonyl (C=O) groups excluding carboxylic acids is 1. The molecule has 0 atom stereocenters. The minimum atomic E-state index is -1.01. The summed E-state index contributed by atoms with van der Waals surface area (Å²) in [6.07, 6.45) is 5.54. The van der Waals surface area contributed by atoms with Crippen LogP contribution in [0.25, 0.3) is 0 Å². The number of carboxylic acids is 1. The summed E-state index contributed by atoms with van der Waals surface area (Å²) in [7, 11) is 6.77. The molecule has 0 saturated carbocycles. The van der Waals surface area contributed by atoms with Gasteiger partial charge in [0.05, 0.1) is 27.7 Å². The van der Waals surface area contributed by atoms with Gasteiger partial charge in [-0.25, -0.2) is 0 Å². The summed E-state index contributed by atoms with van der Waals surface area (Å²) in [4.78, 5) is 9.91. The van der Waals surface area contributed by atoms with Gasteiger partial charge in [-0.05, 0) is 12.8 Å². The monoisotopic (exact) mass is 245 g/mol. The Labute approximate surface area is 107 Å². The van der Waals surface area contributed by atoms with Gasteiger partial charge in [-0.1, -0.05) is 40.5 Å². The molecular weight excluding hydrogens is 214 g/mol. The first-order valence-electron chi connectivity index (χ1n) is 6.52. The molecule has 3 nitrogen and oxygen atoms in total. The molecule has 0 saturated heterocycles. The quantitative estimate of drug-likeness (QED) is 0.549. The van der Waals surface area contributed by atoms with E-state index >= 15 is 0 Å². The Morgan fingerprint density at radius 2 is 1.47 bits per heavy atom. The van der Waals surface area contributed by atoms with Crippen molar-refractivity contribution in [1.82, 2.24) is 0 Å². The van der Waals surface area contributed by atoms with Gasteiger partial charge in [0.2, 0.25) is 0 Å². The highest BCUT2D eigenvalue weighted by molar-refractivity contribution is 5.70. The smallest absolute Gasteiger partial charge is 0.0780 e. The van der Waals surface area contributed by atoms with E-state index in [1.54, 1.807) is 20.8 Å². The van der Waals surface area contributed by atoms with E-state index in [0.29, 0.717) is 0 Å². The molecule has 0 rings (SSSR count). The molecule has 0 radical (unpaired) electrons. The maximum atomic E-state index is 9.91. The summed E-state index contributed by atoms with van der Waals surface area (Å²) in [5, 5.41) is 9.91. The van der Waals surface area contributed by atoms with Gasteiger partial charge in [0.15, 0.2) is 0 Å². The third kappa shape index (κ3) is 18.0. The molecule has 0 aliphatic heterocycles. The predicted molar refractivity (Wildman–Crippen MR) is 71.5 cm³/mol. The third-order valence-electron chi connectivity index (χ3n) is 2.29. The Balaban J connectivity index is 0. The minimum Gasteiger partial charge on any atom is -0.550 e. The molecule has 0 N–H and O–H groups in total. The van der Waals surface area contributed by atoms with Crippen LogP contribution in [-0.2, 0) is 4.79 Å². The van der Waals surface area contributed by atoms with Crippen molar-refractivity contribution in [2.24, 2.45) is 5.41 Å². The fourth-order valence-electron chi connectivity index (χ4n) is 1.01. The molecule has 0 amide bonds. The number of hydrogen-bond acceptors (Lipinski definition) is 2. The highest BCUT2D eigenvalue weighted by Crippen LogP contribution is 2.09. The van der Waals surface area contributed by atoms with E-state index in [0.717, 1.165) is 4.48 Å². The Kier molecular flexibility index (Phi) is 9.40. The summed E-state index contributed by atoms with van der Waals surface area (Å²) < 4.78 is 1.11. The predicted octanol–water partition coefficient (Wildman–Crippen LogP) is 2.06. The van der Waals surface area contributed by atoms with Crippen LogP contribution in [0.2, 0.25) is 0 Å². The summed E-state index contributed by atoms with van der Waals surface area (Å²) in [5.41, 5.74) is -0.694. The minimum absolute atomic E-state index is 0.694. The maximum absolute atomic E-state index is 9.91. The summed E-state index contributed by atoms with van der Waals surface area (Å²) in [6.45, 7) is 8.37. The van der Waals surface area contributed by atoms with E-state index in [9.17, 15) is 9.90 Å². The number of unbranched alkanes of at least 4 members (excludes halogenated alkanes) is 3. The molecule has 17 heavy (non-hydrogen) atoms. The standard InChI is InChI=1S/C9H22N.C5H10O2/c1-5-6-7-8-9-10(2,3)4;1-5(2,3)4(6)7/h5-9H2,1-4H3;1-3H3,(H,6,7)/q+1;/p-1. The molecule has 0 aliphatic rings. The first-order chi connectivity index (χ1) is 7.50. The van der Waals surface area contributed by atoms with Gasteiger partial charge in [-0.15, -0.1) is 0 Å². The van der Waals surface area contributed by atoms with E-state index in [1.165, 1.54) is 32.2 Å². The summed E-state index contributed by atoms with van der Waals surface area (Å²) in [6, 6.07) is 0. The van der Waals surface area contributed by atoms with Crippen molar-refractivity contribution in [3.63, 3.8) is 0 Å². The van der Waals surface area contributed by atoms with Crippen LogP contribution in [0.4, 0.5) is 0 Å². The maximum Gasteiger partial charge on any atom is 0.0780 e. The van der Waals surface area contributed by atoms with Crippen molar-refractivity contribution in [2.45, 2.75) is 53.4 Å². The van der Waals surface area contributed by atoms with Gasteiger partial charge >= 0.3 is 0 Å². The molecule has 0 fully saturated rings. The summed E-state index contributed by atoms with van der Waals surface area (Å²) in [5.74, 6) is -1.01. The fourth-order valence-corrected chi connectivity index (χ4v) is 1.01. The van der Waals surface area contributed by atoms with Gasteiger partial charge in [0.25, 0.3) is 0 Å². The first kappa shape index (κ1) is 18.8. The van der Waals surface area contributed by atoms with Crippen LogP contribution in [0, 0.1) is 5.41 Å². The number of carboxylic acid groups (broad SMARTS) is 1. The number of hydrogen-bond donors (Lipinski definition) is 0. The lowest BCUT2D eigenvalue weighted by atomic mass is 9.98. The second-order valence-electron chi connectivity index (χ2n) is 6.61. The van der Waals surface area contributed by atoms with Crippen LogP contribution in [0.1, 0.15) is 53.4 Å². The van der Waals surface area contributed by atoms with Gasteiger partial charge in [0, 0.05) is 11.4 Å². The lowest BCUT2D eigenvalue weighted by molar-refractivity contribution is -0.870. The molecule has 0 spiro atoms. The average molecular weight is 245 g/mol. The highest BCUT2D eigenvalue weighted by Gasteiger charge is 2.09. The summed E-state index contributed by atoms with van der Waals surface area (Å²) >= 11 is 0.